The van der Waals surface area contributed by atoms with Crippen LogP contribution in [-0.2, 0) is 9.53 Å². The Morgan fingerprint density at radius 2 is 1.85 bits per heavy atom. The summed E-state index contributed by atoms with van der Waals surface area (Å²) in [6.45, 7) is 5.10. The van der Waals surface area contributed by atoms with Crippen molar-refractivity contribution in [1.29, 1.82) is 0 Å². The van der Waals surface area contributed by atoms with Gasteiger partial charge in [0.2, 0.25) is 0 Å². The van der Waals surface area contributed by atoms with Crippen molar-refractivity contribution in [2.75, 3.05) is 13.1 Å². The number of β-amino-alcohol motifs (C(OH)–C–C–N with tert-alkyl or cyclic N) is 1. The molecule has 116 valence electrons. The van der Waals surface area contributed by atoms with Gasteiger partial charge in [-0.05, 0) is 32.1 Å². The molecule has 0 bridgehead atoms. The fraction of sp³-hybridized carbons (Fsp3) is 0.938. The van der Waals surface area contributed by atoms with Gasteiger partial charge in [0.1, 0.15) is 6.10 Å². The van der Waals surface area contributed by atoms with Crippen LogP contribution in [0.15, 0.2) is 0 Å². The molecule has 1 heterocycles. The zero-order chi connectivity index (χ0) is 14.5. The molecule has 3 unspecified atom stereocenters. The number of hydrogen-bond donors (Lipinski definition) is 1. The summed E-state index contributed by atoms with van der Waals surface area (Å²) in [5, 5.41) is 9.90. The molecule has 0 radical (unpaired) electrons. The first-order valence-electron chi connectivity index (χ1n) is 8.20. The van der Waals surface area contributed by atoms with Crippen molar-refractivity contribution < 1.29 is 14.6 Å². The molecule has 0 aromatic rings. The van der Waals surface area contributed by atoms with E-state index >= 15 is 0 Å². The number of likely N-dealkylation sites (tertiary alicyclic amines) is 1. The van der Waals surface area contributed by atoms with E-state index in [0.717, 1.165) is 25.8 Å². The zero-order valence-electron chi connectivity index (χ0n) is 12.9. The molecule has 1 saturated carbocycles. The predicted octanol–water partition coefficient (Wildman–Crippen LogP) is 2.34. The number of piperidine rings is 1. The molecule has 1 amide bonds. The Balaban J connectivity index is 1.81. The van der Waals surface area contributed by atoms with E-state index in [0.29, 0.717) is 6.54 Å². The number of carbonyl (C=O) groups excluding carboxylic acids is 1. The summed E-state index contributed by atoms with van der Waals surface area (Å²) in [7, 11) is 0. The Kier molecular flexibility index (Phi) is 5.85. The van der Waals surface area contributed by atoms with Gasteiger partial charge in [0, 0.05) is 13.1 Å². The molecule has 2 rings (SSSR count). The van der Waals surface area contributed by atoms with Crippen molar-refractivity contribution in [2.45, 2.75) is 77.1 Å². The minimum atomic E-state index is -0.391. The normalized spacial score (nSPS) is 30.9. The van der Waals surface area contributed by atoms with Gasteiger partial charge >= 0.3 is 0 Å². The Morgan fingerprint density at radius 1 is 1.20 bits per heavy atom. The van der Waals surface area contributed by atoms with Gasteiger partial charge in [-0.25, -0.2) is 0 Å². The lowest BCUT2D eigenvalue weighted by Crippen LogP contribution is -2.49. The second-order valence-corrected chi connectivity index (χ2v) is 6.51. The summed E-state index contributed by atoms with van der Waals surface area (Å²) in [5.74, 6) is 0.331. The molecule has 0 spiro atoms. The largest absolute Gasteiger partial charge is 0.391 e. The highest BCUT2D eigenvalue weighted by atomic mass is 16.5. The van der Waals surface area contributed by atoms with Crippen LogP contribution in [0, 0.1) is 5.92 Å². The maximum absolute atomic E-state index is 12.4. The number of nitrogens with zero attached hydrogens (tertiary/aromatic N) is 1. The van der Waals surface area contributed by atoms with E-state index in [4.69, 9.17) is 4.74 Å². The van der Waals surface area contributed by atoms with E-state index in [1.807, 2.05) is 13.8 Å². The Labute approximate surface area is 122 Å². The number of rotatable bonds is 3. The smallest absolute Gasteiger partial charge is 0.251 e. The van der Waals surface area contributed by atoms with E-state index in [9.17, 15) is 9.90 Å². The van der Waals surface area contributed by atoms with E-state index in [1.54, 1.807) is 4.90 Å². The molecule has 2 aliphatic rings. The summed E-state index contributed by atoms with van der Waals surface area (Å²) in [6, 6.07) is 0. The highest BCUT2D eigenvalue weighted by Gasteiger charge is 2.31. The third-order valence-electron chi connectivity index (χ3n) is 4.78. The van der Waals surface area contributed by atoms with Crippen molar-refractivity contribution in [2.24, 2.45) is 5.92 Å². The molecule has 20 heavy (non-hydrogen) atoms. The lowest BCUT2D eigenvalue weighted by molar-refractivity contribution is -0.150. The fourth-order valence-electron chi connectivity index (χ4n) is 3.23. The molecule has 0 aromatic carbocycles. The van der Waals surface area contributed by atoms with Crippen molar-refractivity contribution in [3.05, 3.63) is 0 Å². The number of hydrogen-bond acceptors (Lipinski definition) is 3. The van der Waals surface area contributed by atoms with Gasteiger partial charge in [0.15, 0.2) is 0 Å². The Hall–Kier alpha value is -0.610. The summed E-state index contributed by atoms with van der Waals surface area (Å²) in [5.41, 5.74) is 0. The summed E-state index contributed by atoms with van der Waals surface area (Å²) < 4.78 is 5.98. The van der Waals surface area contributed by atoms with Crippen LogP contribution in [0.1, 0.15) is 58.8 Å². The van der Waals surface area contributed by atoms with Gasteiger partial charge in [-0.2, -0.15) is 0 Å². The van der Waals surface area contributed by atoms with Crippen LogP contribution < -0.4 is 0 Å². The van der Waals surface area contributed by atoms with Gasteiger partial charge in [-0.15, -0.1) is 0 Å². The molecule has 0 aromatic heterocycles. The molecule has 1 saturated heterocycles. The number of ether oxygens (including phenoxy) is 1. The van der Waals surface area contributed by atoms with E-state index < -0.39 is 6.10 Å². The summed E-state index contributed by atoms with van der Waals surface area (Å²) in [4.78, 5) is 14.2. The van der Waals surface area contributed by atoms with Crippen molar-refractivity contribution >= 4 is 5.91 Å². The molecule has 2 fully saturated rings. The first kappa shape index (κ1) is 15.8. The number of carbonyl (C=O) groups is 1. The molecule has 1 aliphatic carbocycles. The number of aliphatic hydroxyl groups is 1. The topological polar surface area (TPSA) is 49.8 Å². The predicted molar refractivity (Wildman–Crippen MR) is 78.4 cm³/mol. The standard InChI is InChI=1S/C16H29NO3/c1-12-9-10-17(11-15(12)18)16(19)13(2)20-14-7-5-3-4-6-8-14/h12-15,18H,3-11H2,1-2H3. The average Bonchev–Trinajstić information content (AvgIpc) is 2.69. The van der Waals surface area contributed by atoms with Crippen molar-refractivity contribution in [1.82, 2.24) is 4.90 Å². The highest BCUT2D eigenvalue weighted by molar-refractivity contribution is 5.80. The highest BCUT2D eigenvalue weighted by Crippen LogP contribution is 2.22. The fourth-order valence-corrected chi connectivity index (χ4v) is 3.23. The minimum Gasteiger partial charge on any atom is -0.391 e. The molecule has 1 aliphatic heterocycles. The molecular weight excluding hydrogens is 254 g/mol. The molecular formula is C16H29NO3. The van der Waals surface area contributed by atoms with Crippen molar-refractivity contribution in [3.63, 3.8) is 0 Å². The van der Waals surface area contributed by atoms with E-state index in [2.05, 4.69) is 0 Å². The number of aliphatic hydroxyl groups excluding tert-OH is 1. The van der Waals surface area contributed by atoms with Gasteiger partial charge < -0.3 is 14.7 Å². The summed E-state index contributed by atoms with van der Waals surface area (Å²) >= 11 is 0. The molecule has 3 atom stereocenters. The number of amides is 1. The van der Waals surface area contributed by atoms with Gasteiger partial charge in [0.25, 0.3) is 5.91 Å². The van der Waals surface area contributed by atoms with Gasteiger partial charge in [-0.1, -0.05) is 32.6 Å². The third-order valence-corrected chi connectivity index (χ3v) is 4.78. The minimum absolute atomic E-state index is 0.0418. The van der Waals surface area contributed by atoms with Gasteiger partial charge in [0.05, 0.1) is 12.2 Å². The maximum atomic E-state index is 12.4. The van der Waals surface area contributed by atoms with Crippen LogP contribution in [0.4, 0.5) is 0 Å². The Morgan fingerprint density at radius 3 is 2.45 bits per heavy atom. The van der Waals surface area contributed by atoms with Crippen LogP contribution in [0.5, 0.6) is 0 Å². The van der Waals surface area contributed by atoms with Crippen molar-refractivity contribution in [3.8, 4) is 0 Å². The van der Waals surface area contributed by atoms with Crippen LogP contribution in [0.25, 0.3) is 0 Å². The van der Waals surface area contributed by atoms with Crippen LogP contribution in [0.2, 0.25) is 0 Å². The third kappa shape index (κ3) is 4.19. The quantitative estimate of drug-likeness (QED) is 0.809. The zero-order valence-corrected chi connectivity index (χ0v) is 12.9. The second kappa shape index (κ2) is 7.41. The lowest BCUT2D eigenvalue weighted by Gasteiger charge is -2.36. The monoisotopic (exact) mass is 283 g/mol. The van der Waals surface area contributed by atoms with Crippen LogP contribution in [-0.4, -0.2) is 47.3 Å². The average molecular weight is 283 g/mol. The Bertz CT molecular complexity index is 313. The van der Waals surface area contributed by atoms with Crippen LogP contribution in [0.3, 0.4) is 0 Å². The van der Waals surface area contributed by atoms with E-state index in [1.165, 1.54) is 25.7 Å². The second-order valence-electron chi connectivity index (χ2n) is 6.51. The molecule has 4 nitrogen and oxygen atoms in total. The van der Waals surface area contributed by atoms with Gasteiger partial charge in [-0.3, -0.25) is 4.79 Å². The summed E-state index contributed by atoms with van der Waals surface area (Å²) in [6.07, 6.45) is 7.52. The first-order chi connectivity index (χ1) is 9.58. The van der Waals surface area contributed by atoms with E-state index in [-0.39, 0.29) is 24.0 Å². The van der Waals surface area contributed by atoms with Crippen LogP contribution >= 0.6 is 0 Å². The SMILES string of the molecule is CC(OC1CCCCCC1)C(=O)N1CCC(C)C(O)C1. The molecule has 4 heteroatoms. The molecule has 1 N–H and O–H groups in total. The first-order valence-corrected chi connectivity index (χ1v) is 8.20. The maximum Gasteiger partial charge on any atom is 0.251 e. The lowest BCUT2D eigenvalue weighted by atomic mass is 9.96.